The van der Waals surface area contributed by atoms with Crippen LogP contribution >= 0.6 is 11.8 Å². The molecule has 1 saturated carbocycles. The quantitative estimate of drug-likeness (QED) is 0.721. The van der Waals surface area contributed by atoms with Gasteiger partial charge in [-0.15, -0.1) is 0 Å². The van der Waals surface area contributed by atoms with Crippen molar-refractivity contribution in [1.29, 1.82) is 0 Å². The average molecular weight is 452 g/mol. The average Bonchev–Trinajstić information content (AvgIpc) is 3.22. The number of ether oxygens (including phenoxy) is 1. The number of pyridine rings is 1. The Labute approximate surface area is 182 Å². The Morgan fingerprint density at radius 3 is 2.68 bits per heavy atom. The smallest absolute Gasteiger partial charge is 0.387 e. The third-order valence-corrected chi connectivity index (χ3v) is 7.77. The van der Waals surface area contributed by atoms with Crippen molar-refractivity contribution in [2.24, 2.45) is 0 Å². The number of fused-ring (bicyclic) bond motifs is 3. The standard InChI is InChI=1S/C21H24F3N5OS/c22-13-2-1-11(5-13)20-27-16(12-6-17(30-21(23)24)19(25)26-8-12)7-18(28-20)29-9-15-4-3-14(29)10-31-15/h6-8,11,13-15,21H,1-5,9-10H2,(H2,25,26)/t11?,13-,14-,15-/m0/s1. The first-order valence-corrected chi connectivity index (χ1v) is 11.6. The minimum atomic E-state index is -3.00. The van der Waals surface area contributed by atoms with Gasteiger partial charge in [-0.2, -0.15) is 20.5 Å². The number of hydrogen-bond acceptors (Lipinski definition) is 7. The first-order valence-electron chi connectivity index (χ1n) is 10.6. The van der Waals surface area contributed by atoms with Gasteiger partial charge < -0.3 is 15.4 Å². The molecule has 3 saturated heterocycles. The number of nitrogen functional groups attached to an aromatic ring is 1. The summed E-state index contributed by atoms with van der Waals surface area (Å²) in [6.45, 7) is -2.08. The molecule has 166 valence electrons. The maximum atomic E-state index is 13.9. The summed E-state index contributed by atoms with van der Waals surface area (Å²) in [5, 5.41) is 0.581. The predicted octanol–water partition coefficient (Wildman–Crippen LogP) is 4.41. The minimum absolute atomic E-state index is 0.0522. The molecule has 4 fully saturated rings. The van der Waals surface area contributed by atoms with Crippen molar-refractivity contribution in [2.75, 3.05) is 22.9 Å². The molecule has 4 atom stereocenters. The molecule has 2 aromatic rings. The van der Waals surface area contributed by atoms with Crippen LogP contribution in [0.5, 0.6) is 5.75 Å². The zero-order chi connectivity index (χ0) is 21.5. The van der Waals surface area contributed by atoms with E-state index < -0.39 is 12.8 Å². The molecule has 5 heterocycles. The maximum absolute atomic E-state index is 13.9. The van der Waals surface area contributed by atoms with Crippen molar-refractivity contribution >= 4 is 23.4 Å². The van der Waals surface area contributed by atoms with Gasteiger partial charge in [0, 0.05) is 47.3 Å². The summed E-state index contributed by atoms with van der Waals surface area (Å²) in [6.07, 6.45) is 4.60. The molecule has 1 unspecified atom stereocenters. The maximum Gasteiger partial charge on any atom is 0.387 e. The number of aromatic nitrogens is 3. The van der Waals surface area contributed by atoms with Crippen molar-refractivity contribution in [2.45, 2.75) is 62.1 Å². The molecule has 2 N–H and O–H groups in total. The molecule has 0 spiro atoms. The first-order chi connectivity index (χ1) is 15.0. The van der Waals surface area contributed by atoms with Crippen molar-refractivity contribution in [3.05, 3.63) is 24.2 Å². The first kappa shape index (κ1) is 20.7. The monoisotopic (exact) mass is 451 g/mol. The molecule has 31 heavy (non-hydrogen) atoms. The van der Waals surface area contributed by atoms with Crippen LogP contribution in [-0.2, 0) is 0 Å². The highest BCUT2D eigenvalue weighted by Crippen LogP contribution is 2.40. The second-order valence-electron chi connectivity index (χ2n) is 8.40. The van der Waals surface area contributed by atoms with Crippen LogP contribution in [0.3, 0.4) is 0 Å². The van der Waals surface area contributed by atoms with E-state index in [-0.39, 0.29) is 17.5 Å². The zero-order valence-corrected chi connectivity index (χ0v) is 17.7. The van der Waals surface area contributed by atoms with E-state index in [1.165, 1.54) is 18.7 Å². The van der Waals surface area contributed by atoms with Crippen LogP contribution in [0.1, 0.15) is 43.8 Å². The summed E-state index contributed by atoms with van der Waals surface area (Å²) >= 11 is 2.00. The lowest BCUT2D eigenvalue weighted by Crippen LogP contribution is -2.51. The summed E-state index contributed by atoms with van der Waals surface area (Å²) in [5.74, 6) is 2.13. The second kappa shape index (κ2) is 8.37. The molecule has 1 aliphatic carbocycles. The largest absolute Gasteiger partial charge is 0.431 e. The summed E-state index contributed by atoms with van der Waals surface area (Å²) in [7, 11) is 0. The normalized spacial score (nSPS) is 27.8. The lowest BCUT2D eigenvalue weighted by molar-refractivity contribution is -0.0494. The molecule has 2 bridgehead atoms. The van der Waals surface area contributed by atoms with Crippen LogP contribution in [0.25, 0.3) is 11.3 Å². The van der Waals surface area contributed by atoms with Crippen LogP contribution < -0.4 is 15.4 Å². The third kappa shape index (κ3) is 4.26. The molecule has 0 radical (unpaired) electrons. The van der Waals surface area contributed by atoms with Gasteiger partial charge in [0.25, 0.3) is 0 Å². The van der Waals surface area contributed by atoms with Gasteiger partial charge in [-0.05, 0) is 38.2 Å². The lowest BCUT2D eigenvalue weighted by atomic mass is 10.0. The summed E-state index contributed by atoms with van der Waals surface area (Å²) < 4.78 is 43.9. The Bertz CT molecular complexity index is 957. The van der Waals surface area contributed by atoms with Gasteiger partial charge in [0.15, 0.2) is 11.6 Å². The van der Waals surface area contributed by atoms with Gasteiger partial charge in [-0.1, -0.05) is 0 Å². The number of anilines is 2. The van der Waals surface area contributed by atoms with Crippen LogP contribution in [0.15, 0.2) is 18.3 Å². The Kier molecular flexibility index (Phi) is 5.58. The number of alkyl halides is 3. The van der Waals surface area contributed by atoms with E-state index in [9.17, 15) is 13.2 Å². The Balaban J connectivity index is 1.55. The van der Waals surface area contributed by atoms with E-state index in [0.29, 0.717) is 47.6 Å². The summed E-state index contributed by atoms with van der Waals surface area (Å²) in [4.78, 5) is 15.9. The van der Waals surface area contributed by atoms with Gasteiger partial charge in [0.1, 0.15) is 17.8 Å². The van der Waals surface area contributed by atoms with Crippen molar-refractivity contribution in [3.63, 3.8) is 0 Å². The molecular formula is C21H24F3N5OS. The molecule has 2 aromatic heterocycles. The molecule has 10 heteroatoms. The summed E-state index contributed by atoms with van der Waals surface area (Å²) in [5.41, 5.74) is 6.77. The van der Waals surface area contributed by atoms with E-state index in [1.54, 1.807) is 0 Å². The van der Waals surface area contributed by atoms with E-state index in [1.807, 2.05) is 17.8 Å². The van der Waals surface area contributed by atoms with Crippen molar-refractivity contribution in [3.8, 4) is 17.0 Å². The number of nitrogens with zero attached hydrogens (tertiary/aromatic N) is 4. The number of nitrogens with two attached hydrogens (primary N) is 1. The van der Waals surface area contributed by atoms with Gasteiger partial charge in [-0.25, -0.2) is 19.3 Å². The zero-order valence-electron chi connectivity index (χ0n) is 16.9. The second-order valence-corrected chi connectivity index (χ2v) is 9.73. The SMILES string of the molecule is Nc1ncc(-c2cc(N3C[C@@H]4CC[C@H]3CS4)nc(C3CC[C@H](F)C3)n2)cc1OC(F)F. The number of piperidine rings is 1. The highest BCUT2D eigenvalue weighted by Gasteiger charge is 2.36. The number of rotatable bonds is 5. The fourth-order valence-electron chi connectivity index (χ4n) is 4.71. The molecular weight excluding hydrogens is 427 g/mol. The molecule has 6 rings (SSSR count). The van der Waals surface area contributed by atoms with Gasteiger partial charge in [0.2, 0.25) is 0 Å². The molecule has 3 aliphatic heterocycles. The topological polar surface area (TPSA) is 77.2 Å². The molecule has 4 aliphatic rings. The Morgan fingerprint density at radius 1 is 1.16 bits per heavy atom. The Hall–Kier alpha value is -2.23. The van der Waals surface area contributed by atoms with E-state index >= 15 is 0 Å². The molecule has 0 amide bonds. The summed E-state index contributed by atoms with van der Waals surface area (Å²) in [6, 6.07) is 3.70. The predicted molar refractivity (Wildman–Crippen MR) is 114 cm³/mol. The fourth-order valence-corrected chi connectivity index (χ4v) is 6.12. The van der Waals surface area contributed by atoms with Crippen LogP contribution in [0.2, 0.25) is 0 Å². The fraction of sp³-hybridized carbons (Fsp3) is 0.571. The number of thioether (sulfide) groups is 1. The van der Waals surface area contributed by atoms with Crippen LogP contribution in [0.4, 0.5) is 24.8 Å². The van der Waals surface area contributed by atoms with E-state index in [4.69, 9.17) is 15.7 Å². The lowest BCUT2D eigenvalue weighted by Gasteiger charge is -2.45. The highest BCUT2D eigenvalue weighted by molar-refractivity contribution is 8.00. The van der Waals surface area contributed by atoms with E-state index in [0.717, 1.165) is 24.5 Å². The van der Waals surface area contributed by atoms with Gasteiger partial charge in [-0.3, -0.25) is 0 Å². The van der Waals surface area contributed by atoms with Crippen molar-refractivity contribution in [1.82, 2.24) is 15.0 Å². The van der Waals surface area contributed by atoms with E-state index in [2.05, 4.69) is 14.6 Å². The van der Waals surface area contributed by atoms with Crippen LogP contribution in [-0.4, -0.2) is 51.3 Å². The van der Waals surface area contributed by atoms with Crippen LogP contribution in [0, 0.1) is 0 Å². The number of hydrogen-bond donors (Lipinski definition) is 1. The molecule has 0 aromatic carbocycles. The Morgan fingerprint density at radius 2 is 2.03 bits per heavy atom. The molecule has 6 nitrogen and oxygen atoms in total. The number of halogens is 3. The third-order valence-electron chi connectivity index (χ3n) is 6.34. The van der Waals surface area contributed by atoms with Crippen molar-refractivity contribution < 1.29 is 17.9 Å². The van der Waals surface area contributed by atoms with Gasteiger partial charge in [0.05, 0.1) is 5.69 Å². The van der Waals surface area contributed by atoms with Gasteiger partial charge >= 0.3 is 6.61 Å². The minimum Gasteiger partial charge on any atom is -0.431 e. The highest BCUT2D eigenvalue weighted by atomic mass is 32.2.